The van der Waals surface area contributed by atoms with Gasteiger partial charge in [-0.1, -0.05) is 18.2 Å². The largest absolute Gasteiger partial charge is 0.494 e. The molecule has 40 heavy (non-hydrogen) atoms. The van der Waals surface area contributed by atoms with E-state index < -0.39 is 4.92 Å². The lowest BCUT2D eigenvalue weighted by Crippen LogP contribution is -2.30. The van der Waals surface area contributed by atoms with E-state index in [4.69, 9.17) is 14.5 Å². The molecule has 12 nitrogen and oxygen atoms in total. The minimum atomic E-state index is -0.420. The number of nitriles is 1. The number of ether oxygens (including phenoxy) is 2. The van der Waals surface area contributed by atoms with Gasteiger partial charge in [0.25, 0.3) is 5.69 Å². The van der Waals surface area contributed by atoms with E-state index in [1.165, 1.54) is 19.4 Å². The van der Waals surface area contributed by atoms with Crippen molar-refractivity contribution in [2.24, 2.45) is 0 Å². The van der Waals surface area contributed by atoms with Gasteiger partial charge in [-0.15, -0.1) is 0 Å². The quantitative estimate of drug-likeness (QED) is 0.229. The molecule has 5 rings (SSSR count). The third kappa shape index (κ3) is 5.12. The number of hydrogen-bond donors (Lipinski definition) is 1. The van der Waals surface area contributed by atoms with Gasteiger partial charge in [0, 0.05) is 54.9 Å². The van der Waals surface area contributed by atoms with E-state index in [0.29, 0.717) is 48.1 Å². The number of methoxy groups -OCH3 is 1. The first kappa shape index (κ1) is 26.9. The Balaban J connectivity index is 1.55. The zero-order chi connectivity index (χ0) is 28.4. The van der Waals surface area contributed by atoms with E-state index in [0.717, 1.165) is 23.0 Å². The molecule has 0 unspecified atom stereocenters. The maximum Gasteiger partial charge on any atom is 0.294 e. The highest BCUT2D eigenvalue weighted by molar-refractivity contribution is 5.96. The van der Waals surface area contributed by atoms with Crippen LogP contribution in [0.25, 0.3) is 22.2 Å². The van der Waals surface area contributed by atoms with Gasteiger partial charge in [-0.25, -0.2) is 9.97 Å². The summed E-state index contributed by atoms with van der Waals surface area (Å²) < 4.78 is 13.1. The Kier molecular flexibility index (Phi) is 7.50. The molecule has 1 saturated heterocycles. The molecule has 0 bridgehead atoms. The highest BCUT2D eigenvalue weighted by Crippen LogP contribution is 2.40. The zero-order valence-electron chi connectivity index (χ0n) is 22.8. The van der Waals surface area contributed by atoms with Crippen molar-refractivity contribution in [2.75, 3.05) is 64.8 Å². The maximum atomic E-state index is 12.0. The molecule has 1 fully saturated rings. The van der Waals surface area contributed by atoms with Gasteiger partial charge in [0.2, 0.25) is 5.95 Å². The molecule has 0 aliphatic carbocycles. The molecule has 2 aromatic heterocycles. The number of likely N-dealkylation sites (N-methyl/N-ethyl adjacent to an activating group) is 2. The van der Waals surface area contributed by atoms with Crippen LogP contribution in [0.15, 0.2) is 48.8 Å². The first-order valence-corrected chi connectivity index (χ1v) is 12.7. The Morgan fingerprint density at radius 2 is 2.02 bits per heavy atom. The number of nitrogens with zero attached hydrogens (tertiary/aromatic N) is 7. The number of anilines is 3. The summed E-state index contributed by atoms with van der Waals surface area (Å²) in [5.41, 5.74) is 3.28. The van der Waals surface area contributed by atoms with Gasteiger partial charge in [0.15, 0.2) is 0 Å². The van der Waals surface area contributed by atoms with Crippen LogP contribution in [-0.4, -0.2) is 78.9 Å². The van der Waals surface area contributed by atoms with E-state index in [1.54, 1.807) is 13.1 Å². The lowest BCUT2D eigenvalue weighted by atomic mass is 10.1. The van der Waals surface area contributed by atoms with Crippen molar-refractivity contribution in [1.29, 1.82) is 5.26 Å². The smallest absolute Gasteiger partial charge is 0.294 e. The van der Waals surface area contributed by atoms with E-state index in [1.807, 2.05) is 54.4 Å². The van der Waals surface area contributed by atoms with E-state index >= 15 is 0 Å². The number of aromatic nitrogens is 3. The molecule has 1 aliphatic heterocycles. The summed E-state index contributed by atoms with van der Waals surface area (Å²) in [5, 5.41) is 25.9. The zero-order valence-corrected chi connectivity index (χ0v) is 22.8. The molecular formula is C28H30N8O4. The fraction of sp³-hybridized carbons (Fsp3) is 0.321. The van der Waals surface area contributed by atoms with Crippen molar-refractivity contribution in [1.82, 2.24) is 19.4 Å². The minimum absolute atomic E-state index is 0.0794. The number of fused-ring (bicyclic) bond motifs is 1. The molecule has 206 valence electrons. The molecule has 1 N–H and O–H groups in total. The Bertz CT molecular complexity index is 1610. The van der Waals surface area contributed by atoms with Gasteiger partial charge in [-0.2, -0.15) is 5.26 Å². The molecule has 0 radical (unpaired) electrons. The molecule has 4 aromatic rings. The van der Waals surface area contributed by atoms with Crippen molar-refractivity contribution in [3.63, 3.8) is 0 Å². The van der Waals surface area contributed by atoms with Crippen LogP contribution < -0.4 is 15.0 Å². The van der Waals surface area contributed by atoms with Gasteiger partial charge in [-0.05, 0) is 20.2 Å². The second-order valence-electron chi connectivity index (χ2n) is 9.87. The summed E-state index contributed by atoms with van der Waals surface area (Å²) in [6, 6.07) is 13.4. The van der Waals surface area contributed by atoms with Crippen LogP contribution in [0.3, 0.4) is 0 Å². The number of nitro benzene ring substituents is 1. The van der Waals surface area contributed by atoms with Crippen LogP contribution in [0.2, 0.25) is 0 Å². The van der Waals surface area contributed by atoms with Crippen LogP contribution in [0.5, 0.6) is 5.75 Å². The van der Waals surface area contributed by atoms with Crippen LogP contribution in [0, 0.1) is 21.4 Å². The highest BCUT2D eigenvalue weighted by Gasteiger charge is 2.26. The van der Waals surface area contributed by atoms with Crippen LogP contribution in [0.1, 0.15) is 11.6 Å². The average molecular weight is 543 g/mol. The van der Waals surface area contributed by atoms with Gasteiger partial charge >= 0.3 is 0 Å². The molecule has 0 saturated carbocycles. The molecule has 2 aromatic carbocycles. The second kappa shape index (κ2) is 11.2. The molecule has 0 amide bonds. The molecule has 1 aliphatic rings. The lowest BCUT2D eigenvalue weighted by molar-refractivity contribution is -0.384. The number of nitrogens with one attached hydrogen (secondary N) is 1. The molecule has 0 atom stereocenters. The van der Waals surface area contributed by atoms with Crippen molar-refractivity contribution in [3.8, 4) is 23.1 Å². The Morgan fingerprint density at radius 3 is 2.67 bits per heavy atom. The van der Waals surface area contributed by atoms with Crippen LogP contribution in [-0.2, 0) is 4.74 Å². The second-order valence-corrected chi connectivity index (χ2v) is 9.87. The van der Waals surface area contributed by atoms with Crippen molar-refractivity contribution in [2.45, 2.75) is 6.04 Å². The molecule has 0 spiro atoms. The van der Waals surface area contributed by atoms with Gasteiger partial charge in [-0.3, -0.25) is 10.1 Å². The summed E-state index contributed by atoms with van der Waals surface area (Å²) in [5.74, 6) is 0.576. The lowest BCUT2D eigenvalue weighted by Gasteiger charge is -2.28. The van der Waals surface area contributed by atoms with Crippen molar-refractivity contribution < 1.29 is 14.4 Å². The third-order valence-corrected chi connectivity index (χ3v) is 6.95. The third-order valence-electron chi connectivity index (χ3n) is 6.95. The molecule has 12 heteroatoms. The number of benzene rings is 2. The van der Waals surface area contributed by atoms with Crippen LogP contribution >= 0.6 is 0 Å². The fourth-order valence-corrected chi connectivity index (χ4v) is 4.68. The SMILES string of the molecule is COc1cc(N(C)CCN(C)C)c([N+](=O)[O-])cc1Nc1ncc(C#N)c(-c2cn(C3COC3)c3ccccc23)n1. The van der Waals surface area contributed by atoms with E-state index in [2.05, 4.69) is 20.9 Å². The van der Waals surface area contributed by atoms with Gasteiger partial charge in [0.05, 0.1) is 54.4 Å². The maximum absolute atomic E-state index is 12.0. The number of rotatable bonds is 10. The molecular weight excluding hydrogens is 512 g/mol. The number of para-hydroxylation sites is 1. The van der Waals surface area contributed by atoms with Gasteiger partial charge < -0.3 is 29.2 Å². The van der Waals surface area contributed by atoms with Crippen molar-refractivity contribution in [3.05, 3.63) is 64.5 Å². The standard InChI is InChI=1S/C28H30N8O4/c1-33(2)9-10-34(3)24-12-26(39-4)22(11-25(24)36(37)38)31-28-30-14-18(13-29)27(32-28)21-15-35(19-16-40-17-19)23-8-6-5-7-20(21)23/h5-8,11-12,14-15,19H,9-10,16-17H2,1-4H3,(H,30,31,32). The fourth-order valence-electron chi connectivity index (χ4n) is 4.68. The highest BCUT2D eigenvalue weighted by atomic mass is 16.6. The number of nitro groups is 1. The van der Waals surface area contributed by atoms with Crippen molar-refractivity contribution >= 4 is 33.9 Å². The summed E-state index contributed by atoms with van der Waals surface area (Å²) in [7, 11) is 7.20. The monoisotopic (exact) mass is 542 g/mol. The predicted molar refractivity (Wildman–Crippen MR) is 152 cm³/mol. The Morgan fingerprint density at radius 1 is 1.25 bits per heavy atom. The van der Waals surface area contributed by atoms with E-state index in [-0.39, 0.29) is 17.7 Å². The normalized spacial score (nSPS) is 13.2. The van der Waals surface area contributed by atoms with E-state index in [9.17, 15) is 15.4 Å². The summed E-state index contributed by atoms with van der Waals surface area (Å²) >= 11 is 0. The topological polar surface area (TPSA) is 135 Å². The first-order valence-electron chi connectivity index (χ1n) is 12.7. The minimum Gasteiger partial charge on any atom is -0.494 e. The molecule has 3 heterocycles. The first-order chi connectivity index (χ1) is 19.3. The number of hydrogen-bond acceptors (Lipinski definition) is 10. The summed E-state index contributed by atoms with van der Waals surface area (Å²) in [6.07, 6.45) is 3.45. The predicted octanol–water partition coefficient (Wildman–Crippen LogP) is 4.20. The summed E-state index contributed by atoms with van der Waals surface area (Å²) in [6.45, 7) is 2.56. The Hall–Kier alpha value is -4.73. The van der Waals surface area contributed by atoms with Gasteiger partial charge in [0.1, 0.15) is 17.5 Å². The van der Waals surface area contributed by atoms with Crippen LogP contribution in [0.4, 0.5) is 23.0 Å². The Labute approximate surface area is 231 Å². The summed E-state index contributed by atoms with van der Waals surface area (Å²) in [4.78, 5) is 24.5. The average Bonchev–Trinajstić information content (AvgIpc) is 3.29.